The summed E-state index contributed by atoms with van der Waals surface area (Å²) >= 11 is 2.09. The fourth-order valence-electron chi connectivity index (χ4n) is 1.79. The molecule has 1 heterocycles. The third-order valence-electron chi connectivity index (χ3n) is 2.70. The molecule has 0 aliphatic rings. The molecule has 0 amide bonds. The molecule has 1 aromatic heterocycles. The molecule has 0 bridgehead atoms. The highest BCUT2D eigenvalue weighted by Crippen LogP contribution is 2.35. The Morgan fingerprint density at radius 3 is 2.58 bits per heavy atom. The van der Waals surface area contributed by atoms with Crippen molar-refractivity contribution >= 4 is 22.6 Å². The van der Waals surface area contributed by atoms with E-state index in [1.165, 1.54) is 6.20 Å². The van der Waals surface area contributed by atoms with Crippen molar-refractivity contribution in [1.82, 2.24) is 4.98 Å². The van der Waals surface area contributed by atoms with Crippen molar-refractivity contribution in [3.05, 3.63) is 63.0 Å². The van der Waals surface area contributed by atoms with Gasteiger partial charge in [-0.3, -0.25) is 4.98 Å². The number of nitrogens with two attached hydrogens (primary N) is 1. The quantitative estimate of drug-likeness (QED) is 0.809. The standard InChI is InChI=1S/C13H10F3IN2/c14-13(15,16)11-4-5-19-7-10(11)12(18)8-2-1-3-9(17)6-8/h1-7,12H,18H2. The maximum absolute atomic E-state index is 12.9. The van der Waals surface area contributed by atoms with Crippen molar-refractivity contribution in [1.29, 1.82) is 0 Å². The van der Waals surface area contributed by atoms with Gasteiger partial charge in [0, 0.05) is 21.5 Å². The highest BCUT2D eigenvalue weighted by Gasteiger charge is 2.34. The summed E-state index contributed by atoms with van der Waals surface area (Å²) in [6, 6.07) is 7.19. The lowest BCUT2D eigenvalue weighted by Crippen LogP contribution is -2.18. The highest BCUT2D eigenvalue weighted by atomic mass is 127. The minimum Gasteiger partial charge on any atom is -0.320 e. The summed E-state index contributed by atoms with van der Waals surface area (Å²) in [5.74, 6) is 0. The summed E-state index contributed by atoms with van der Waals surface area (Å²) in [5, 5.41) is 0. The lowest BCUT2D eigenvalue weighted by Gasteiger charge is -2.18. The second kappa shape index (κ2) is 5.46. The van der Waals surface area contributed by atoms with E-state index in [4.69, 9.17) is 5.73 Å². The van der Waals surface area contributed by atoms with E-state index in [1.807, 2.05) is 6.07 Å². The zero-order valence-corrected chi connectivity index (χ0v) is 11.8. The molecule has 2 nitrogen and oxygen atoms in total. The van der Waals surface area contributed by atoms with E-state index >= 15 is 0 Å². The molecule has 100 valence electrons. The van der Waals surface area contributed by atoms with Gasteiger partial charge in [0.15, 0.2) is 0 Å². The van der Waals surface area contributed by atoms with Crippen molar-refractivity contribution in [2.75, 3.05) is 0 Å². The second-order valence-corrected chi connectivity index (χ2v) is 5.24. The number of pyridine rings is 1. The van der Waals surface area contributed by atoms with Crippen LogP contribution in [0.25, 0.3) is 0 Å². The molecule has 2 aromatic rings. The number of benzene rings is 1. The Bertz CT molecular complexity index is 584. The third kappa shape index (κ3) is 3.24. The topological polar surface area (TPSA) is 38.9 Å². The molecule has 19 heavy (non-hydrogen) atoms. The molecule has 0 saturated carbocycles. The van der Waals surface area contributed by atoms with Crippen LogP contribution in [0.4, 0.5) is 13.2 Å². The number of alkyl halides is 3. The minimum atomic E-state index is -4.43. The van der Waals surface area contributed by atoms with Gasteiger partial charge >= 0.3 is 6.18 Å². The Morgan fingerprint density at radius 2 is 1.95 bits per heavy atom. The number of hydrogen-bond donors (Lipinski definition) is 1. The van der Waals surface area contributed by atoms with E-state index in [-0.39, 0.29) is 5.56 Å². The maximum atomic E-state index is 12.9. The average Bonchev–Trinajstić information content (AvgIpc) is 2.37. The van der Waals surface area contributed by atoms with Gasteiger partial charge in [-0.2, -0.15) is 13.2 Å². The van der Waals surface area contributed by atoms with Crippen molar-refractivity contribution < 1.29 is 13.2 Å². The van der Waals surface area contributed by atoms with Crippen molar-refractivity contribution in [2.45, 2.75) is 12.2 Å². The molecule has 0 spiro atoms. The number of nitrogens with zero attached hydrogens (tertiary/aromatic N) is 1. The Labute approximate surface area is 122 Å². The van der Waals surface area contributed by atoms with E-state index in [1.54, 1.807) is 18.2 Å². The minimum absolute atomic E-state index is 0.0167. The summed E-state index contributed by atoms with van der Waals surface area (Å²) in [6.07, 6.45) is -2.14. The monoisotopic (exact) mass is 378 g/mol. The van der Waals surface area contributed by atoms with E-state index in [0.717, 1.165) is 15.8 Å². The Morgan fingerprint density at radius 1 is 1.21 bits per heavy atom. The summed E-state index contributed by atoms with van der Waals surface area (Å²) in [7, 11) is 0. The van der Waals surface area contributed by atoms with Gasteiger partial charge in [0.2, 0.25) is 0 Å². The lowest BCUT2D eigenvalue weighted by atomic mass is 9.97. The first-order chi connectivity index (χ1) is 8.89. The smallest absolute Gasteiger partial charge is 0.320 e. The highest BCUT2D eigenvalue weighted by molar-refractivity contribution is 14.1. The maximum Gasteiger partial charge on any atom is 0.416 e. The van der Waals surface area contributed by atoms with E-state index in [2.05, 4.69) is 27.6 Å². The van der Waals surface area contributed by atoms with Crippen molar-refractivity contribution in [3.8, 4) is 0 Å². The number of rotatable bonds is 2. The lowest BCUT2D eigenvalue weighted by molar-refractivity contribution is -0.138. The number of hydrogen-bond acceptors (Lipinski definition) is 2. The van der Waals surface area contributed by atoms with E-state index in [9.17, 15) is 13.2 Å². The van der Waals surface area contributed by atoms with E-state index < -0.39 is 17.8 Å². The van der Waals surface area contributed by atoms with Crippen LogP contribution in [-0.2, 0) is 6.18 Å². The average molecular weight is 378 g/mol. The molecular formula is C13H10F3IN2. The van der Waals surface area contributed by atoms with Crippen LogP contribution in [0.3, 0.4) is 0 Å². The second-order valence-electron chi connectivity index (χ2n) is 3.99. The molecule has 0 radical (unpaired) electrons. The Hall–Kier alpha value is -1.15. The van der Waals surface area contributed by atoms with Gasteiger partial charge in [-0.1, -0.05) is 12.1 Å². The third-order valence-corrected chi connectivity index (χ3v) is 3.37. The summed E-state index contributed by atoms with van der Waals surface area (Å²) in [4.78, 5) is 3.75. The fraction of sp³-hybridized carbons (Fsp3) is 0.154. The van der Waals surface area contributed by atoms with Crippen LogP contribution in [0, 0.1) is 3.57 Å². The summed E-state index contributed by atoms with van der Waals surface area (Å²) in [5.41, 5.74) is 5.81. The van der Waals surface area contributed by atoms with Gasteiger partial charge in [0.25, 0.3) is 0 Å². The molecule has 6 heteroatoms. The van der Waals surface area contributed by atoms with Gasteiger partial charge in [-0.25, -0.2) is 0 Å². The first kappa shape index (κ1) is 14.3. The van der Waals surface area contributed by atoms with Crippen LogP contribution < -0.4 is 5.73 Å². The Kier molecular flexibility index (Phi) is 4.10. The number of aromatic nitrogens is 1. The van der Waals surface area contributed by atoms with Gasteiger partial charge < -0.3 is 5.73 Å². The molecule has 2 rings (SSSR count). The molecular weight excluding hydrogens is 368 g/mol. The normalized spacial score (nSPS) is 13.3. The van der Waals surface area contributed by atoms with Gasteiger partial charge in [0.1, 0.15) is 0 Å². The van der Waals surface area contributed by atoms with Crippen LogP contribution in [-0.4, -0.2) is 4.98 Å². The summed E-state index contributed by atoms with van der Waals surface area (Å²) in [6.45, 7) is 0. The van der Waals surface area contributed by atoms with Crippen molar-refractivity contribution in [3.63, 3.8) is 0 Å². The zero-order valence-electron chi connectivity index (χ0n) is 9.66. The molecule has 0 aliphatic carbocycles. The zero-order chi connectivity index (χ0) is 14.0. The first-order valence-corrected chi connectivity index (χ1v) is 6.49. The van der Waals surface area contributed by atoms with Crippen LogP contribution in [0.2, 0.25) is 0 Å². The number of halogens is 4. The van der Waals surface area contributed by atoms with Crippen molar-refractivity contribution in [2.24, 2.45) is 5.73 Å². The summed E-state index contributed by atoms with van der Waals surface area (Å²) < 4.78 is 39.7. The molecule has 1 aromatic carbocycles. The SMILES string of the molecule is NC(c1cccc(I)c1)c1cnccc1C(F)(F)F. The molecule has 2 N–H and O–H groups in total. The molecule has 1 unspecified atom stereocenters. The molecule has 0 aliphatic heterocycles. The fourth-order valence-corrected chi connectivity index (χ4v) is 2.36. The first-order valence-electron chi connectivity index (χ1n) is 5.42. The van der Waals surface area contributed by atoms with Crippen LogP contribution in [0.15, 0.2) is 42.7 Å². The van der Waals surface area contributed by atoms with Crippen LogP contribution >= 0.6 is 22.6 Å². The van der Waals surface area contributed by atoms with Gasteiger partial charge in [0.05, 0.1) is 11.6 Å². The van der Waals surface area contributed by atoms with E-state index in [0.29, 0.717) is 5.56 Å². The predicted molar refractivity (Wildman–Crippen MR) is 74.4 cm³/mol. The van der Waals surface area contributed by atoms with Gasteiger partial charge in [-0.15, -0.1) is 0 Å². The predicted octanol–water partition coefficient (Wildman–Crippen LogP) is 3.75. The molecule has 0 fully saturated rings. The van der Waals surface area contributed by atoms with Gasteiger partial charge in [-0.05, 0) is 46.4 Å². The van der Waals surface area contributed by atoms with Crippen LogP contribution in [0.1, 0.15) is 22.7 Å². The molecule has 1 atom stereocenters. The molecule has 0 saturated heterocycles. The van der Waals surface area contributed by atoms with Crippen LogP contribution in [0.5, 0.6) is 0 Å². The Balaban J connectivity index is 2.48. The largest absolute Gasteiger partial charge is 0.416 e.